The molecule has 4 rings (SSSR count). The van der Waals surface area contributed by atoms with E-state index in [2.05, 4.69) is 25.9 Å². The maximum Gasteiger partial charge on any atom is 0.273 e. The molecule has 2 aromatic carbocycles. The van der Waals surface area contributed by atoms with E-state index in [0.29, 0.717) is 16.7 Å². The van der Waals surface area contributed by atoms with Crippen LogP contribution in [0, 0.1) is 0 Å². The van der Waals surface area contributed by atoms with Gasteiger partial charge >= 0.3 is 0 Å². The number of thioether (sulfide) groups is 1. The molecular formula is C19H17N7O2S. The highest BCUT2D eigenvalue weighted by atomic mass is 32.2. The normalized spacial score (nSPS) is 11.9. The molecule has 0 spiro atoms. The van der Waals surface area contributed by atoms with Crippen LogP contribution >= 0.6 is 11.8 Å². The number of para-hydroxylation sites is 2. The third-order valence-corrected chi connectivity index (χ3v) is 5.12. The number of aromatic amines is 1. The number of nitrogens with zero attached hydrogens (tertiary/aromatic N) is 5. The van der Waals surface area contributed by atoms with Crippen molar-refractivity contribution in [2.45, 2.75) is 17.3 Å². The smallest absolute Gasteiger partial charge is 0.273 e. The van der Waals surface area contributed by atoms with Gasteiger partial charge in [-0.2, -0.15) is 4.68 Å². The fraction of sp³-hybridized carbons (Fsp3) is 0.105. The number of anilines is 1. The number of amides is 1. The van der Waals surface area contributed by atoms with E-state index in [1.54, 1.807) is 23.7 Å². The summed E-state index contributed by atoms with van der Waals surface area (Å²) >= 11 is 1.22. The maximum atomic E-state index is 12.6. The Morgan fingerprint density at radius 2 is 1.72 bits per heavy atom. The van der Waals surface area contributed by atoms with Gasteiger partial charge in [-0.1, -0.05) is 48.2 Å². The standard InChI is InChI=1S/C19H17N7O2S/c1-13(29-19-21-23-24-26(19)15-10-6-3-7-11-15)18(28)20-16-12-17(27)25(22-16)14-8-4-2-5-9-14/h2-13,22H,1H3,(H,20,28). The van der Waals surface area contributed by atoms with Crippen LogP contribution in [0.3, 0.4) is 0 Å². The van der Waals surface area contributed by atoms with E-state index >= 15 is 0 Å². The van der Waals surface area contributed by atoms with Crippen LogP contribution in [0.4, 0.5) is 5.82 Å². The summed E-state index contributed by atoms with van der Waals surface area (Å²) in [7, 11) is 0. The van der Waals surface area contributed by atoms with Gasteiger partial charge in [0.15, 0.2) is 0 Å². The molecule has 0 aliphatic heterocycles. The Bertz CT molecular complexity index is 1170. The number of rotatable bonds is 6. The summed E-state index contributed by atoms with van der Waals surface area (Å²) in [5.41, 5.74) is 1.22. The van der Waals surface area contributed by atoms with E-state index in [4.69, 9.17) is 0 Å². The largest absolute Gasteiger partial charge is 0.310 e. The molecule has 2 aromatic heterocycles. The van der Waals surface area contributed by atoms with Gasteiger partial charge in [-0.25, -0.2) is 4.68 Å². The van der Waals surface area contributed by atoms with Gasteiger partial charge in [0.05, 0.1) is 16.6 Å². The Hall–Kier alpha value is -3.66. The molecule has 146 valence electrons. The highest BCUT2D eigenvalue weighted by molar-refractivity contribution is 8.00. The molecule has 1 amide bonds. The second-order valence-corrected chi connectivity index (χ2v) is 7.45. The molecule has 0 aliphatic carbocycles. The number of nitrogens with one attached hydrogen (secondary N) is 2. The number of hydrogen-bond donors (Lipinski definition) is 2. The second-order valence-electron chi connectivity index (χ2n) is 6.14. The molecule has 2 heterocycles. The number of carbonyl (C=O) groups is 1. The fourth-order valence-electron chi connectivity index (χ4n) is 2.66. The highest BCUT2D eigenvalue weighted by Gasteiger charge is 2.20. The van der Waals surface area contributed by atoms with E-state index in [1.807, 2.05) is 48.5 Å². The maximum absolute atomic E-state index is 12.6. The third kappa shape index (κ3) is 4.11. The van der Waals surface area contributed by atoms with E-state index in [9.17, 15) is 9.59 Å². The minimum atomic E-state index is -0.493. The van der Waals surface area contributed by atoms with Crippen LogP contribution in [0.15, 0.2) is 76.7 Å². The van der Waals surface area contributed by atoms with Crippen LogP contribution in [-0.2, 0) is 4.79 Å². The minimum Gasteiger partial charge on any atom is -0.310 e. The summed E-state index contributed by atoms with van der Waals surface area (Å²) in [6, 6.07) is 19.9. The molecule has 2 N–H and O–H groups in total. The van der Waals surface area contributed by atoms with Gasteiger partial charge in [-0.05, 0) is 41.6 Å². The molecule has 0 aliphatic rings. The summed E-state index contributed by atoms with van der Waals surface area (Å²) in [4.78, 5) is 24.8. The first kappa shape index (κ1) is 18.7. The Labute approximate surface area is 169 Å². The quantitative estimate of drug-likeness (QED) is 0.475. The summed E-state index contributed by atoms with van der Waals surface area (Å²) in [6.45, 7) is 1.75. The lowest BCUT2D eigenvalue weighted by Crippen LogP contribution is -2.23. The number of H-pyrrole nitrogens is 1. The molecule has 0 bridgehead atoms. The van der Waals surface area contributed by atoms with Crippen LogP contribution in [-0.4, -0.2) is 41.1 Å². The zero-order chi connectivity index (χ0) is 20.2. The predicted molar refractivity (Wildman–Crippen MR) is 109 cm³/mol. The van der Waals surface area contributed by atoms with Crippen LogP contribution in [0.1, 0.15) is 6.92 Å². The molecule has 0 saturated heterocycles. The van der Waals surface area contributed by atoms with E-state index in [-0.39, 0.29) is 11.5 Å². The number of carbonyl (C=O) groups excluding carboxylic acids is 1. The van der Waals surface area contributed by atoms with Crippen molar-refractivity contribution in [1.82, 2.24) is 30.0 Å². The first-order valence-corrected chi connectivity index (χ1v) is 9.68. The molecule has 0 fully saturated rings. The van der Waals surface area contributed by atoms with Crippen molar-refractivity contribution in [3.05, 3.63) is 77.1 Å². The van der Waals surface area contributed by atoms with Crippen molar-refractivity contribution in [2.24, 2.45) is 0 Å². The molecule has 9 nitrogen and oxygen atoms in total. The zero-order valence-electron chi connectivity index (χ0n) is 15.4. The van der Waals surface area contributed by atoms with E-state index in [0.717, 1.165) is 5.69 Å². The van der Waals surface area contributed by atoms with Crippen molar-refractivity contribution >= 4 is 23.5 Å². The topological polar surface area (TPSA) is 110 Å². The average Bonchev–Trinajstić information content (AvgIpc) is 3.35. The summed E-state index contributed by atoms with van der Waals surface area (Å²) < 4.78 is 2.94. The number of benzene rings is 2. The van der Waals surface area contributed by atoms with Gasteiger partial charge in [-0.15, -0.1) is 5.10 Å². The zero-order valence-corrected chi connectivity index (χ0v) is 16.2. The van der Waals surface area contributed by atoms with Gasteiger partial charge < -0.3 is 5.32 Å². The van der Waals surface area contributed by atoms with Crippen molar-refractivity contribution in [2.75, 3.05) is 5.32 Å². The molecule has 0 saturated carbocycles. The Morgan fingerprint density at radius 3 is 2.41 bits per heavy atom. The monoisotopic (exact) mass is 407 g/mol. The molecule has 1 unspecified atom stereocenters. The van der Waals surface area contributed by atoms with Gasteiger partial charge in [0, 0.05) is 6.07 Å². The second kappa shape index (κ2) is 8.15. The summed E-state index contributed by atoms with van der Waals surface area (Å²) in [5, 5.41) is 17.3. The van der Waals surface area contributed by atoms with E-state index < -0.39 is 5.25 Å². The Morgan fingerprint density at radius 1 is 1.07 bits per heavy atom. The first-order valence-electron chi connectivity index (χ1n) is 8.80. The average molecular weight is 407 g/mol. The lowest BCUT2D eigenvalue weighted by atomic mass is 10.3. The fourth-order valence-corrected chi connectivity index (χ4v) is 3.47. The minimum absolute atomic E-state index is 0.264. The summed E-state index contributed by atoms with van der Waals surface area (Å²) in [6.07, 6.45) is 0. The van der Waals surface area contributed by atoms with Crippen LogP contribution < -0.4 is 10.9 Å². The van der Waals surface area contributed by atoms with Crippen molar-refractivity contribution < 1.29 is 4.79 Å². The lowest BCUT2D eigenvalue weighted by molar-refractivity contribution is -0.115. The molecule has 1 atom stereocenters. The molecule has 0 radical (unpaired) electrons. The highest BCUT2D eigenvalue weighted by Crippen LogP contribution is 2.23. The van der Waals surface area contributed by atoms with Crippen molar-refractivity contribution in [3.8, 4) is 11.4 Å². The van der Waals surface area contributed by atoms with Gasteiger partial charge in [0.1, 0.15) is 5.82 Å². The lowest BCUT2D eigenvalue weighted by Gasteiger charge is -2.10. The van der Waals surface area contributed by atoms with Crippen LogP contribution in [0.25, 0.3) is 11.4 Å². The van der Waals surface area contributed by atoms with Gasteiger partial charge in [0.2, 0.25) is 11.1 Å². The number of tetrazole rings is 1. The number of aromatic nitrogens is 6. The Kier molecular flexibility index (Phi) is 5.25. The number of hydrogen-bond acceptors (Lipinski definition) is 6. The van der Waals surface area contributed by atoms with Crippen LogP contribution in [0.2, 0.25) is 0 Å². The van der Waals surface area contributed by atoms with Gasteiger partial charge in [-0.3, -0.25) is 14.7 Å². The predicted octanol–water partition coefficient (Wildman–Crippen LogP) is 2.26. The Balaban J connectivity index is 1.47. The molecule has 10 heteroatoms. The van der Waals surface area contributed by atoms with Crippen molar-refractivity contribution in [1.29, 1.82) is 0 Å². The SMILES string of the molecule is CC(Sc1nnnn1-c1ccccc1)C(=O)Nc1cc(=O)n(-c2ccccc2)[nH]1. The van der Waals surface area contributed by atoms with E-state index in [1.165, 1.54) is 22.5 Å². The first-order chi connectivity index (χ1) is 14.1. The van der Waals surface area contributed by atoms with Crippen LogP contribution in [0.5, 0.6) is 0 Å². The third-order valence-electron chi connectivity index (χ3n) is 4.09. The summed E-state index contributed by atoms with van der Waals surface area (Å²) in [5.74, 6) is 0.0398. The molecular weight excluding hydrogens is 390 g/mol. The molecule has 29 heavy (non-hydrogen) atoms. The molecule has 4 aromatic rings. The van der Waals surface area contributed by atoms with Gasteiger partial charge in [0.25, 0.3) is 5.56 Å². The van der Waals surface area contributed by atoms with Crippen molar-refractivity contribution in [3.63, 3.8) is 0 Å².